The van der Waals surface area contributed by atoms with E-state index in [1.807, 2.05) is 22.7 Å². The van der Waals surface area contributed by atoms with Gasteiger partial charge in [0.1, 0.15) is 0 Å². The third kappa shape index (κ3) is 4.21. The van der Waals surface area contributed by atoms with Crippen molar-refractivity contribution in [1.29, 1.82) is 0 Å². The fourth-order valence-electron chi connectivity index (χ4n) is 7.31. The van der Waals surface area contributed by atoms with Gasteiger partial charge in [0, 0.05) is 57.1 Å². The summed E-state index contributed by atoms with van der Waals surface area (Å²) in [6.45, 7) is 0. The van der Waals surface area contributed by atoms with Gasteiger partial charge >= 0.3 is 0 Å². The molecule has 0 aliphatic heterocycles. The number of anilines is 3. The first-order chi connectivity index (χ1) is 23.3. The van der Waals surface area contributed by atoms with Crippen molar-refractivity contribution in [3.05, 3.63) is 164 Å². The van der Waals surface area contributed by atoms with Crippen LogP contribution in [-0.2, 0) is 0 Å². The van der Waals surface area contributed by atoms with Gasteiger partial charge in [0.05, 0.1) is 5.69 Å². The quantitative estimate of drug-likeness (QED) is 0.174. The number of hydrogen-bond donors (Lipinski definition) is 0. The van der Waals surface area contributed by atoms with E-state index in [0.717, 1.165) is 11.4 Å². The summed E-state index contributed by atoms with van der Waals surface area (Å²) in [5.41, 5.74) is 6.00. The van der Waals surface area contributed by atoms with Crippen molar-refractivity contribution in [3.8, 4) is 11.1 Å². The lowest BCUT2D eigenvalue weighted by Crippen LogP contribution is -2.10. The fourth-order valence-corrected chi connectivity index (χ4v) is 9.59. The second-order valence-corrected chi connectivity index (χ2v) is 14.3. The van der Waals surface area contributed by atoms with Crippen molar-refractivity contribution in [1.82, 2.24) is 0 Å². The minimum absolute atomic E-state index is 1.16. The monoisotopic (exact) mass is 633 g/mol. The lowest BCUT2D eigenvalue weighted by atomic mass is 9.94. The van der Waals surface area contributed by atoms with Gasteiger partial charge < -0.3 is 4.90 Å². The Kier molecular flexibility index (Phi) is 5.98. The van der Waals surface area contributed by atoms with Crippen molar-refractivity contribution in [2.24, 2.45) is 0 Å². The Labute approximate surface area is 280 Å². The topological polar surface area (TPSA) is 3.24 Å². The zero-order chi connectivity index (χ0) is 30.9. The van der Waals surface area contributed by atoms with Gasteiger partial charge in [0.25, 0.3) is 0 Å². The molecule has 0 saturated carbocycles. The van der Waals surface area contributed by atoms with Crippen LogP contribution in [0.1, 0.15) is 0 Å². The van der Waals surface area contributed by atoms with Crippen molar-refractivity contribution in [3.63, 3.8) is 0 Å². The third-order valence-electron chi connectivity index (χ3n) is 9.46. The average molecular weight is 634 g/mol. The fraction of sp³-hybridized carbons (Fsp3) is 0. The van der Waals surface area contributed by atoms with Crippen molar-refractivity contribution >= 4 is 102 Å². The highest BCUT2D eigenvalue weighted by molar-refractivity contribution is 7.26. The molecule has 0 saturated heterocycles. The summed E-state index contributed by atoms with van der Waals surface area (Å²) < 4.78 is 5.25. The Hall–Kier alpha value is -5.48. The molecule has 0 amide bonds. The van der Waals surface area contributed by atoms with Crippen LogP contribution in [0.2, 0.25) is 0 Å². The number of hydrogen-bond acceptors (Lipinski definition) is 3. The Morgan fingerprint density at radius 1 is 0.319 bits per heavy atom. The first kappa shape index (κ1) is 26.7. The molecule has 8 aromatic carbocycles. The van der Waals surface area contributed by atoms with E-state index in [1.165, 1.54) is 78.7 Å². The molecule has 1 nitrogen and oxygen atoms in total. The summed E-state index contributed by atoms with van der Waals surface area (Å²) in [4.78, 5) is 2.46. The second-order valence-electron chi connectivity index (χ2n) is 12.1. The zero-order valence-electron chi connectivity index (χ0n) is 25.4. The van der Waals surface area contributed by atoms with Crippen LogP contribution in [-0.4, -0.2) is 0 Å². The van der Waals surface area contributed by atoms with E-state index >= 15 is 0 Å². The lowest BCUT2D eigenvalue weighted by molar-refractivity contribution is 1.31. The Bertz CT molecular complexity index is 2690. The predicted molar refractivity (Wildman–Crippen MR) is 207 cm³/mol. The number of nitrogens with zero attached hydrogens (tertiary/aromatic N) is 1. The highest BCUT2D eigenvalue weighted by Gasteiger charge is 2.19. The average Bonchev–Trinajstić information content (AvgIpc) is 3.69. The standard InChI is InChI=1S/C44H27NS2/c1-2-10-28(11-3-1)31-14-8-15-32-33-16-9-17-40(35(33)25-24-34(31)32)45(29-20-22-38-36-12-4-6-18-41(36)46-43(38)26-29)30-21-23-39-37-13-5-7-19-42(37)47-44(39)27-30/h1-27H. The Morgan fingerprint density at radius 2 is 0.809 bits per heavy atom. The molecular weight excluding hydrogens is 607 g/mol. The Morgan fingerprint density at radius 3 is 1.47 bits per heavy atom. The normalized spacial score (nSPS) is 11.8. The molecule has 2 aromatic heterocycles. The van der Waals surface area contributed by atoms with Gasteiger partial charge in [-0.05, 0) is 69.8 Å². The van der Waals surface area contributed by atoms with E-state index in [9.17, 15) is 0 Å². The first-order valence-electron chi connectivity index (χ1n) is 15.9. The van der Waals surface area contributed by atoms with Crippen LogP contribution in [0.25, 0.3) is 73.0 Å². The summed E-state index contributed by atoms with van der Waals surface area (Å²) in [5.74, 6) is 0. The van der Waals surface area contributed by atoms with Gasteiger partial charge in [-0.3, -0.25) is 0 Å². The van der Waals surface area contributed by atoms with Crippen LogP contribution in [0.3, 0.4) is 0 Å². The molecule has 0 fully saturated rings. The minimum Gasteiger partial charge on any atom is -0.310 e. The van der Waals surface area contributed by atoms with Crippen LogP contribution in [0.5, 0.6) is 0 Å². The smallest absolute Gasteiger partial charge is 0.0540 e. The first-order valence-corrected chi connectivity index (χ1v) is 17.6. The van der Waals surface area contributed by atoms with Crippen LogP contribution in [0.4, 0.5) is 17.1 Å². The molecule has 0 aliphatic rings. The summed E-state index contributed by atoms with van der Waals surface area (Å²) >= 11 is 3.74. The van der Waals surface area contributed by atoms with E-state index in [-0.39, 0.29) is 0 Å². The van der Waals surface area contributed by atoms with Crippen molar-refractivity contribution < 1.29 is 0 Å². The van der Waals surface area contributed by atoms with E-state index in [4.69, 9.17) is 0 Å². The second kappa shape index (κ2) is 10.5. The van der Waals surface area contributed by atoms with Gasteiger partial charge in [-0.15, -0.1) is 22.7 Å². The molecule has 0 atom stereocenters. The third-order valence-corrected chi connectivity index (χ3v) is 11.7. The summed E-state index contributed by atoms with van der Waals surface area (Å²) in [6, 6.07) is 60.2. The SMILES string of the molecule is c1ccc(-c2cccc3c2ccc2c(N(c4ccc5c(c4)sc4ccccc45)c4ccc5c(c4)sc4ccccc45)cccc23)cc1. The maximum atomic E-state index is 2.46. The number of fused-ring (bicyclic) bond motifs is 9. The highest BCUT2D eigenvalue weighted by atomic mass is 32.1. The van der Waals surface area contributed by atoms with Gasteiger partial charge in [0.2, 0.25) is 0 Å². The molecule has 2 heterocycles. The molecule has 0 radical (unpaired) electrons. The van der Waals surface area contributed by atoms with E-state index in [0.29, 0.717) is 0 Å². The largest absolute Gasteiger partial charge is 0.310 e. The molecule has 0 unspecified atom stereocenters. The number of rotatable bonds is 4. The summed E-state index contributed by atoms with van der Waals surface area (Å²) in [6.07, 6.45) is 0. The van der Waals surface area contributed by atoms with E-state index in [1.54, 1.807) is 0 Å². The highest BCUT2D eigenvalue weighted by Crippen LogP contribution is 2.46. The molecule has 0 N–H and O–H groups in total. The predicted octanol–water partition coefficient (Wildman–Crippen LogP) is 13.9. The molecule has 0 spiro atoms. The van der Waals surface area contributed by atoms with Crippen LogP contribution < -0.4 is 4.90 Å². The molecular formula is C44H27NS2. The van der Waals surface area contributed by atoms with E-state index < -0.39 is 0 Å². The molecule has 3 heteroatoms. The molecule has 10 rings (SSSR count). The van der Waals surface area contributed by atoms with Crippen molar-refractivity contribution in [2.45, 2.75) is 0 Å². The van der Waals surface area contributed by atoms with Gasteiger partial charge in [-0.2, -0.15) is 0 Å². The minimum atomic E-state index is 1.16. The van der Waals surface area contributed by atoms with Crippen molar-refractivity contribution in [2.75, 3.05) is 4.90 Å². The van der Waals surface area contributed by atoms with E-state index in [2.05, 4.69) is 169 Å². The summed E-state index contributed by atoms with van der Waals surface area (Å²) in [7, 11) is 0. The van der Waals surface area contributed by atoms with Gasteiger partial charge in [-0.25, -0.2) is 0 Å². The number of thiophene rings is 2. The van der Waals surface area contributed by atoms with Crippen LogP contribution >= 0.6 is 22.7 Å². The number of benzene rings is 8. The van der Waals surface area contributed by atoms with Crippen LogP contribution in [0.15, 0.2) is 164 Å². The molecule has 0 aliphatic carbocycles. The summed E-state index contributed by atoms with van der Waals surface area (Å²) in [5, 5.41) is 10.3. The molecule has 0 bridgehead atoms. The Balaban J connectivity index is 1.23. The van der Waals surface area contributed by atoms with Gasteiger partial charge in [0.15, 0.2) is 0 Å². The lowest BCUT2D eigenvalue weighted by Gasteiger charge is -2.27. The van der Waals surface area contributed by atoms with Gasteiger partial charge in [-0.1, -0.05) is 121 Å². The van der Waals surface area contributed by atoms with Crippen LogP contribution in [0, 0.1) is 0 Å². The molecule has 47 heavy (non-hydrogen) atoms. The molecule has 10 aromatic rings. The molecule has 220 valence electrons. The maximum Gasteiger partial charge on any atom is 0.0540 e. The zero-order valence-corrected chi connectivity index (χ0v) is 27.0. The maximum absolute atomic E-state index is 2.46.